The van der Waals surface area contributed by atoms with Crippen molar-refractivity contribution in [1.29, 1.82) is 0 Å². The second-order valence-corrected chi connectivity index (χ2v) is 7.15. The third-order valence-corrected chi connectivity index (χ3v) is 5.88. The number of unbranched alkanes of at least 4 members (excludes halogenated alkanes) is 4. The Morgan fingerprint density at radius 3 is 2.71 bits per heavy atom. The Morgan fingerprint density at radius 2 is 1.88 bits per heavy atom. The predicted octanol–water partition coefficient (Wildman–Crippen LogP) is 3.95. The quantitative estimate of drug-likeness (QED) is 0.574. The number of hydrogen-bond donors (Lipinski definition) is 0. The van der Waals surface area contributed by atoms with E-state index in [0.717, 1.165) is 5.56 Å². The Kier molecular flexibility index (Phi) is 4.82. The van der Waals surface area contributed by atoms with Crippen molar-refractivity contribution in [3.05, 3.63) is 35.4 Å². The predicted molar refractivity (Wildman–Crippen MR) is 72.6 cm³/mol. The van der Waals surface area contributed by atoms with E-state index < -0.39 is 0 Å². The van der Waals surface area contributed by atoms with E-state index in [-0.39, 0.29) is 15.0 Å². The van der Waals surface area contributed by atoms with Crippen molar-refractivity contribution in [2.75, 3.05) is 0 Å². The van der Waals surface area contributed by atoms with Crippen LogP contribution in [0.1, 0.15) is 66.2 Å². The first-order chi connectivity index (χ1) is 8.33. The molecule has 1 atom stereocenters. The second kappa shape index (κ2) is 6.37. The van der Waals surface area contributed by atoms with Gasteiger partial charge in [-0.2, -0.15) is 0 Å². The molecule has 0 fully saturated rings. The first kappa shape index (κ1) is 12.9. The van der Waals surface area contributed by atoms with Crippen LogP contribution in [0.25, 0.3) is 0 Å². The van der Waals surface area contributed by atoms with Crippen LogP contribution in [0, 0.1) is 0 Å². The standard InChI is InChI=1S/C15H20OSe/c1-2-3-4-5-6-11-14-12-9-7-8-10-13(12)15(16)17-14/h7-10,14H,2-6,11H2,1H3. The van der Waals surface area contributed by atoms with E-state index in [0.29, 0.717) is 9.50 Å². The van der Waals surface area contributed by atoms with Crippen molar-refractivity contribution < 1.29 is 4.79 Å². The van der Waals surface area contributed by atoms with Crippen LogP contribution in [0.4, 0.5) is 0 Å². The van der Waals surface area contributed by atoms with Crippen LogP contribution >= 0.6 is 0 Å². The van der Waals surface area contributed by atoms with Crippen molar-refractivity contribution in [2.45, 2.75) is 50.3 Å². The molecule has 0 saturated heterocycles. The summed E-state index contributed by atoms with van der Waals surface area (Å²) in [5.41, 5.74) is 2.33. The van der Waals surface area contributed by atoms with Gasteiger partial charge >= 0.3 is 110 Å². The molecule has 1 aliphatic rings. The number of benzene rings is 1. The average Bonchev–Trinajstić information content (AvgIpc) is 2.67. The molecule has 0 aliphatic carbocycles. The Labute approximate surface area is 110 Å². The van der Waals surface area contributed by atoms with Crippen molar-refractivity contribution in [2.24, 2.45) is 0 Å². The van der Waals surface area contributed by atoms with Gasteiger partial charge in [0.25, 0.3) is 0 Å². The van der Waals surface area contributed by atoms with Gasteiger partial charge < -0.3 is 0 Å². The summed E-state index contributed by atoms with van der Waals surface area (Å²) < 4.78 is 0.409. The van der Waals surface area contributed by atoms with E-state index in [4.69, 9.17) is 0 Å². The van der Waals surface area contributed by atoms with Gasteiger partial charge in [0.2, 0.25) is 0 Å². The first-order valence-corrected chi connectivity index (χ1v) is 8.47. The molecule has 1 aromatic rings. The number of rotatable bonds is 6. The molecule has 0 bridgehead atoms. The van der Waals surface area contributed by atoms with Gasteiger partial charge in [-0.25, -0.2) is 0 Å². The van der Waals surface area contributed by atoms with Crippen LogP contribution in [0.2, 0.25) is 0 Å². The van der Waals surface area contributed by atoms with E-state index in [9.17, 15) is 4.79 Å². The summed E-state index contributed by atoms with van der Waals surface area (Å²) in [6.45, 7) is 2.25. The number of carbonyl (C=O) groups excluding carboxylic acids is 1. The first-order valence-electron chi connectivity index (χ1n) is 6.63. The van der Waals surface area contributed by atoms with Crippen molar-refractivity contribution in [3.63, 3.8) is 0 Å². The molecule has 0 N–H and O–H groups in total. The van der Waals surface area contributed by atoms with Gasteiger partial charge in [-0.3, -0.25) is 0 Å². The van der Waals surface area contributed by atoms with Gasteiger partial charge in [-0.1, -0.05) is 0 Å². The molecule has 0 amide bonds. The molecule has 0 aromatic heterocycles. The Balaban J connectivity index is 1.85. The number of fused-ring (bicyclic) bond motifs is 1. The summed E-state index contributed by atoms with van der Waals surface area (Å²) in [5, 5.41) is 0. The molecular formula is C15H20OSe. The number of hydrogen-bond acceptors (Lipinski definition) is 1. The zero-order valence-corrected chi connectivity index (χ0v) is 12.2. The fourth-order valence-electron chi connectivity index (χ4n) is 2.37. The second-order valence-electron chi connectivity index (χ2n) is 4.68. The molecule has 0 saturated carbocycles. The molecule has 1 nitrogen and oxygen atoms in total. The molecule has 0 radical (unpaired) electrons. The fourth-order valence-corrected chi connectivity index (χ4v) is 4.86. The summed E-state index contributed by atoms with van der Waals surface area (Å²) in [5.74, 6) is 0. The van der Waals surface area contributed by atoms with E-state index >= 15 is 0 Å². The van der Waals surface area contributed by atoms with Gasteiger partial charge in [0.1, 0.15) is 0 Å². The summed E-state index contributed by atoms with van der Waals surface area (Å²) in [4.78, 5) is 12.4. The van der Waals surface area contributed by atoms with E-state index in [1.807, 2.05) is 12.1 Å². The van der Waals surface area contributed by atoms with Gasteiger partial charge in [0, 0.05) is 0 Å². The molecular weight excluding hydrogens is 275 g/mol. The van der Waals surface area contributed by atoms with Crippen molar-refractivity contribution >= 4 is 19.6 Å². The van der Waals surface area contributed by atoms with Gasteiger partial charge in [-0.15, -0.1) is 0 Å². The van der Waals surface area contributed by atoms with E-state index in [1.54, 1.807) is 0 Å². The number of carbonyl (C=O) groups is 1. The molecule has 1 aromatic carbocycles. The van der Waals surface area contributed by atoms with Crippen LogP contribution in [0.15, 0.2) is 24.3 Å². The molecule has 1 unspecified atom stereocenters. The summed E-state index contributed by atoms with van der Waals surface area (Å²) in [7, 11) is 0. The van der Waals surface area contributed by atoms with Crippen LogP contribution in [0.5, 0.6) is 0 Å². The maximum atomic E-state index is 11.8. The average molecular weight is 295 g/mol. The third kappa shape index (κ3) is 3.20. The third-order valence-electron chi connectivity index (χ3n) is 3.35. The molecule has 0 spiro atoms. The van der Waals surface area contributed by atoms with Crippen LogP contribution in [0.3, 0.4) is 0 Å². The summed E-state index contributed by atoms with van der Waals surface area (Å²) in [6.07, 6.45) is 7.84. The topological polar surface area (TPSA) is 17.1 Å². The fraction of sp³-hybridized carbons (Fsp3) is 0.533. The molecule has 2 rings (SSSR count). The Bertz CT molecular complexity index is 386. The van der Waals surface area contributed by atoms with Gasteiger partial charge in [0.05, 0.1) is 0 Å². The molecule has 1 heterocycles. The van der Waals surface area contributed by atoms with Crippen molar-refractivity contribution in [3.8, 4) is 0 Å². The molecule has 2 heteroatoms. The normalized spacial score (nSPS) is 18.4. The zero-order chi connectivity index (χ0) is 12.1. The van der Waals surface area contributed by atoms with E-state index in [1.165, 1.54) is 44.1 Å². The summed E-state index contributed by atoms with van der Waals surface area (Å²) >= 11 is 0.161. The Hall–Kier alpha value is -0.591. The van der Waals surface area contributed by atoms with Crippen LogP contribution < -0.4 is 0 Å². The maximum absolute atomic E-state index is 11.8. The minimum atomic E-state index is 0.161. The monoisotopic (exact) mass is 296 g/mol. The van der Waals surface area contributed by atoms with Crippen LogP contribution in [-0.4, -0.2) is 19.6 Å². The van der Waals surface area contributed by atoms with Gasteiger partial charge in [0.15, 0.2) is 0 Å². The SMILES string of the molecule is CCCCCCCC1[Se]C(=O)c2ccccc21. The Morgan fingerprint density at radius 1 is 1.12 bits per heavy atom. The molecule has 17 heavy (non-hydrogen) atoms. The molecule has 1 aliphatic heterocycles. The van der Waals surface area contributed by atoms with Crippen LogP contribution in [-0.2, 0) is 0 Å². The van der Waals surface area contributed by atoms with Gasteiger partial charge in [-0.05, 0) is 0 Å². The summed E-state index contributed by atoms with van der Waals surface area (Å²) in [6, 6.07) is 8.20. The minimum absolute atomic E-state index is 0.161. The zero-order valence-electron chi connectivity index (χ0n) is 10.4. The van der Waals surface area contributed by atoms with Crippen molar-refractivity contribution in [1.82, 2.24) is 0 Å². The molecule has 92 valence electrons. The van der Waals surface area contributed by atoms with E-state index in [2.05, 4.69) is 19.1 Å².